The molecule has 1 heterocycles. The van der Waals surface area contributed by atoms with Crippen LogP contribution in [0.25, 0.3) is 0 Å². The van der Waals surface area contributed by atoms with E-state index in [2.05, 4.69) is 43.0 Å². The SMILES string of the molecule is CCCCCCCCCCCCCC1N(CC)C=CN1CCC. The Morgan fingerprint density at radius 3 is 1.65 bits per heavy atom. The zero-order valence-corrected chi connectivity index (χ0v) is 16.2. The quantitative estimate of drug-likeness (QED) is 0.316. The van der Waals surface area contributed by atoms with E-state index < -0.39 is 0 Å². The third-order valence-corrected chi connectivity index (χ3v) is 5.13. The van der Waals surface area contributed by atoms with E-state index in [0.717, 1.165) is 6.54 Å². The summed E-state index contributed by atoms with van der Waals surface area (Å²) in [4.78, 5) is 5.05. The molecule has 0 amide bonds. The second kappa shape index (κ2) is 13.7. The highest BCUT2D eigenvalue weighted by Crippen LogP contribution is 2.21. The van der Waals surface area contributed by atoms with Crippen LogP contribution in [0.15, 0.2) is 12.4 Å². The van der Waals surface area contributed by atoms with Crippen LogP contribution in [-0.2, 0) is 0 Å². The molecule has 1 rings (SSSR count). The molecule has 0 aromatic rings. The summed E-state index contributed by atoms with van der Waals surface area (Å²) in [6.07, 6.45) is 23.6. The number of hydrogen-bond donors (Lipinski definition) is 0. The van der Waals surface area contributed by atoms with Gasteiger partial charge in [0.15, 0.2) is 0 Å². The third kappa shape index (κ3) is 8.67. The van der Waals surface area contributed by atoms with Crippen molar-refractivity contribution in [3.63, 3.8) is 0 Å². The summed E-state index contributed by atoms with van der Waals surface area (Å²) in [7, 11) is 0. The van der Waals surface area contributed by atoms with Crippen molar-refractivity contribution in [2.24, 2.45) is 0 Å². The third-order valence-electron chi connectivity index (χ3n) is 5.13. The van der Waals surface area contributed by atoms with Crippen LogP contribution in [0.3, 0.4) is 0 Å². The van der Waals surface area contributed by atoms with Crippen molar-refractivity contribution < 1.29 is 0 Å². The molecule has 0 aromatic heterocycles. The van der Waals surface area contributed by atoms with Gasteiger partial charge >= 0.3 is 0 Å². The van der Waals surface area contributed by atoms with Crippen molar-refractivity contribution in [1.82, 2.24) is 9.80 Å². The van der Waals surface area contributed by atoms with Gasteiger partial charge in [0.25, 0.3) is 0 Å². The summed E-state index contributed by atoms with van der Waals surface area (Å²) in [5, 5.41) is 0. The number of nitrogens with zero attached hydrogens (tertiary/aromatic N) is 2. The van der Waals surface area contributed by atoms with Crippen LogP contribution in [0.4, 0.5) is 0 Å². The molecule has 23 heavy (non-hydrogen) atoms. The van der Waals surface area contributed by atoms with Gasteiger partial charge in [-0.15, -0.1) is 0 Å². The lowest BCUT2D eigenvalue weighted by Gasteiger charge is -2.32. The Kier molecular flexibility index (Phi) is 12.2. The minimum absolute atomic E-state index is 0.638. The topological polar surface area (TPSA) is 6.48 Å². The van der Waals surface area contributed by atoms with Gasteiger partial charge in [-0.05, 0) is 26.2 Å². The van der Waals surface area contributed by atoms with Gasteiger partial charge < -0.3 is 9.80 Å². The molecule has 0 N–H and O–H groups in total. The predicted molar refractivity (Wildman–Crippen MR) is 103 cm³/mol. The lowest BCUT2D eigenvalue weighted by molar-refractivity contribution is 0.144. The molecular formula is C21H42N2. The first-order valence-corrected chi connectivity index (χ1v) is 10.5. The molecule has 0 aliphatic carbocycles. The summed E-state index contributed by atoms with van der Waals surface area (Å²) in [6.45, 7) is 9.19. The van der Waals surface area contributed by atoms with Crippen LogP contribution >= 0.6 is 0 Å². The highest BCUT2D eigenvalue weighted by Gasteiger charge is 2.23. The van der Waals surface area contributed by atoms with Crippen LogP contribution in [0.1, 0.15) is 104 Å². The van der Waals surface area contributed by atoms with Crippen LogP contribution < -0.4 is 0 Å². The van der Waals surface area contributed by atoms with Gasteiger partial charge in [-0.25, -0.2) is 0 Å². The van der Waals surface area contributed by atoms with Crippen LogP contribution in [-0.4, -0.2) is 29.1 Å². The fourth-order valence-electron chi connectivity index (χ4n) is 3.68. The maximum Gasteiger partial charge on any atom is 0.101 e. The van der Waals surface area contributed by atoms with Crippen molar-refractivity contribution >= 4 is 0 Å². The zero-order valence-electron chi connectivity index (χ0n) is 16.2. The Labute approximate surface area is 146 Å². The summed E-state index contributed by atoms with van der Waals surface area (Å²) in [6, 6.07) is 0. The van der Waals surface area contributed by atoms with E-state index in [0.29, 0.717) is 6.17 Å². The zero-order chi connectivity index (χ0) is 16.8. The molecular weight excluding hydrogens is 280 g/mol. The van der Waals surface area contributed by atoms with Crippen LogP contribution in [0.2, 0.25) is 0 Å². The monoisotopic (exact) mass is 322 g/mol. The number of rotatable bonds is 15. The maximum absolute atomic E-state index is 2.54. The van der Waals surface area contributed by atoms with Gasteiger partial charge in [-0.2, -0.15) is 0 Å². The minimum Gasteiger partial charge on any atom is -0.356 e. The highest BCUT2D eigenvalue weighted by atomic mass is 15.4. The van der Waals surface area contributed by atoms with Crippen molar-refractivity contribution in [3.05, 3.63) is 12.4 Å². The first-order valence-electron chi connectivity index (χ1n) is 10.5. The van der Waals surface area contributed by atoms with Gasteiger partial charge in [-0.3, -0.25) is 0 Å². The second-order valence-electron chi connectivity index (χ2n) is 7.17. The summed E-state index contributed by atoms with van der Waals surface area (Å²) < 4.78 is 0. The molecule has 2 heteroatoms. The predicted octanol–water partition coefficient (Wildman–Crippen LogP) is 6.53. The van der Waals surface area contributed by atoms with Crippen LogP contribution in [0, 0.1) is 0 Å². The molecule has 1 aliphatic rings. The van der Waals surface area contributed by atoms with E-state index in [9.17, 15) is 0 Å². The lowest BCUT2D eigenvalue weighted by atomic mass is 10.0. The Morgan fingerprint density at radius 1 is 0.609 bits per heavy atom. The Hall–Kier alpha value is -0.660. The molecule has 0 saturated heterocycles. The molecule has 0 bridgehead atoms. The maximum atomic E-state index is 2.54. The van der Waals surface area contributed by atoms with Gasteiger partial charge in [0.1, 0.15) is 6.17 Å². The fourth-order valence-corrected chi connectivity index (χ4v) is 3.68. The number of hydrogen-bond acceptors (Lipinski definition) is 2. The second-order valence-corrected chi connectivity index (χ2v) is 7.17. The van der Waals surface area contributed by atoms with Crippen molar-refractivity contribution in [2.45, 2.75) is 110 Å². The van der Waals surface area contributed by atoms with Gasteiger partial charge in [0.2, 0.25) is 0 Å². The largest absolute Gasteiger partial charge is 0.356 e. The summed E-state index contributed by atoms with van der Waals surface area (Å²) >= 11 is 0. The Balaban J connectivity index is 1.97. The molecule has 0 radical (unpaired) electrons. The van der Waals surface area contributed by atoms with Gasteiger partial charge in [-0.1, -0.05) is 78.1 Å². The van der Waals surface area contributed by atoms with E-state index in [1.807, 2.05) is 0 Å². The Morgan fingerprint density at radius 2 is 1.13 bits per heavy atom. The number of unbranched alkanes of at least 4 members (excludes halogenated alkanes) is 10. The molecule has 0 fully saturated rings. The average Bonchev–Trinajstić information content (AvgIpc) is 2.95. The molecule has 0 saturated carbocycles. The molecule has 136 valence electrons. The fraction of sp³-hybridized carbons (Fsp3) is 0.905. The standard InChI is InChI=1S/C21H42N2/c1-4-7-8-9-10-11-12-13-14-15-16-17-21-22(6-3)19-20-23(21)18-5-2/h19-21H,4-18H2,1-3H3. The van der Waals surface area contributed by atoms with E-state index in [1.165, 1.54) is 90.0 Å². The molecule has 1 unspecified atom stereocenters. The van der Waals surface area contributed by atoms with Crippen molar-refractivity contribution in [3.8, 4) is 0 Å². The summed E-state index contributed by atoms with van der Waals surface area (Å²) in [5.74, 6) is 0. The van der Waals surface area contributed by atoms with Crippen LogP contribution in [0.5, 0.6) is 0 Å². The molecule has 1 aliphatic heterocycles. The van der Waals surface area contributed by atoms with E-state index in [-0.39, 0.29) is 0 Å². The molecule has 0 spiro atoms. The first-order chi connectivity index (χ1) is 11.3. The highest BCUT2D eigenvalue weighted by molar-refractivity contribution is 4.96. The summed E-state index contributed by atoms with van der Waals surface area (Å²) in [5.41, 5.74) is 0. The van der Waals surface area contributed by atoms with E-state index in [1.54, 1.807) is 0 Å². The van der Waals surface area contributed by atoms with Crippen molar-refractivity contribution in [2.75, 3.05) is 13.1 Å². The van der Waals surface area contributed by atoms with Crippen molar-refractivity contribution in [1.29, 1.82) is 0 Å². The minimum atomic E-state index is 0.638. The molecule has 1 atom stereocenters. The smallest absolute Gasteiger partial charge is 0.101 e. The first kappa shape index (κ1) is 20.4. The average molecular weight is 323 g/mol. The van der Waals surface area contributed by atoms with E-state index in [4.69, 9.17) is 0 Å². The Bertz CT molecular complexity index is 288. The van der Waals surface area contributed by atoms with Gasteiger partial charge in [0.05, 0.1) is 0 Å². The molecule has 2 nitrogen and oxygen atoms in total. The molecule has 0 aromatic carbocycles. The lowest BCUT2D eigenvalue weighted by Crippen LogP contribution is -2.38. The normalized spacial score (nSPS) is 17.4. The van der Waals surface area contributed by atoms with E-state index >= 15 is 0 Å². The van der Waals surface area contributed by atoms with Gasteiger partial charge in [0, 0.05) is 25.5 Å².